The molecule has 2 aromatic rings. The summed E-state index contributed by atoms with van der Waals surface area (Å²) in [7, 11) is 0. The van der Waals surface area contributed by atoms with Crippen LogP contribution >= 0.6 is 22.9 Å². The molecule has 0 radical (unpaired) electrons. The zero-order chi connectivity index (χ0) is 8.84. The molecule has 0 N–H and O–H groups in total. The molecule has 3 rings (SSSR count). The molecular weight excluding hydrogens is 206 g/mol. The molecule has 0 bridgehead atoms. The van der Waals surface area contributed by atoms with Gasteiger partial charge in [0.1, 0.15) is 0 Å². The normalized spacial score (nSPS) is 15.3. The van der Waals surface area contributed by atoms with Crippen molar-refractivity contribution in [2.24, 2.45) is 0 Å². The fourth-order valence-corrected chi connectivity index (χ4v) is 2.32. The molecule has 0 unspecified atom stereocenters. The highest BCUT2D eigenvalue weighted by molar-refractivity contribution is 7.17. The van der Waals surface area contributed by atoms with E-state index in [1.54, 1.807) is 11.3 Å². The monoisotopic (exact) mass is 211 g/mol. The van der Waals surface area contributed by atoms with Crippen molar-refractivity contribution >= 4 is 39.0 Å². The highest BCUT2D eigenvalue weighted by Gasteiger charge is 2.23. The predicted octanol–water partition coefficient (Wildman–Crippen LogP) is 2.16. The van der Waals surface area contributed by atoms with Gasteiger partial charge in [0, 0.05) is 13.1 Å². The molecule has 13 heavy (non-hydrogen) atoms. The minimum atomic E-state index is 0.341. The standard InChI is InChI=1S/C8H6ClN3S/c9-8-10-5-1-4-13-6(5)7(11-8)12-2-3-12/h1,4H,2-3H2. The van der Waals surface area contributed by atoms with Crippen molar-refractivity contribution in [3.05, 3.63) is 16.7 Å². The van der Waals surface area contributed by atoms with E-state index >= 15 is 0 Å². The fraction of sp³-hybridized carbons (Fsp3) is 0.250. The molecule has 1 aliphatic rings. The smallest absolute Gasteiger partial charge is 0.224 e. The number of halogens is 1. The van der Waals surface area contributed by atoms with E-state index in [1.165, 1.54) is 0 Å². The van der Waals surface area contributed by atoms with E-state index < -0.39 is 0 Å². The third-order valence-corrected chi connectivity index (χ3v) is 3.07. The summed E-state index contributed by atoms with van der Waals surface area (Å²) in [6, 6.07) is 1.97. The minimum Gasteiger partial charge on any atom is -0.352 e. The van der Waals surface area contributed by atoms with Crippen LogP contribution in [-0.4, -0.2) is 23.1 Å². The Morgan fingerprint density at radius 1 is 1.38 bits per heavy atom. The minimum absolute atomic E-state index is 0.341. The average Bonchev–Trinajstić information content (AvgIpc) is 2.84. The largest absolute Gasteiger partial charge is 0.352 e. The van der Waals surface area contributed by atoms with E-state index in [-0.39, 0.29) is 0 Å². The van der Waals surface area contributed by atoms with Crippen molar-refractivity contribution in [1.29, 1.82) is 0 Å². The van der Waals surface area contributed by atoms with Crippen molar-refractivity contribution in [2.75, 3.05) is 18.0 Å². The van der Waals surface area contributed by atoms with Crippen molar-refractivity contribution in [3.63, 3.8) is 0 Å². The van der Waals surface area contributed by atoms with Crippen LogP contribution < -0.4 is 4.90 Å². The molecule has 0 aliphatic carbocycles. The van der Waals surface area contributed by atoms with E-state index in [1.807, 2.05) is 11.4 Å². The van der Waals surface area contributed by atoms with Gasteiger partial charge in [0.25, 0.3) is 0 Å². The summed E-state index contributed by atoms with van der Waals surface area (Å²) in [6.45, 7) is 2.17. The molecule has 0 spiro atoms. The summed E-state index contributed by atoms with van der Waals surface area (Å²) < 4.78 is 1.14. The molecule has 0 amide bonds. The number of anilines is 1. The maximum absolute atomic E-state index is 5.81. The molecule has 0 aromatic carbocycles. The summed E-state index contributed by atoms with van der Waals surface area (Å²) in [5.41, 5.74) is 0.951. The molecule has 1 aliphatic heterocycles. The fourth-order valence-electron chi connectivity index (χ4n) is 1.30. The van der Waals surface area contributed by atoms with E-state index in [0.717, 1.165) is 29.1 Å². The number of fused-ring (bicyclic) bond motifs is 1. The lowest BCUT2D eigenvalue weighted by Gasteiger charge is -2.02. The number of rotatable bonds is 1. The molecule has 2 aromatic heterocycles. The Hall–Kier alpha value is -0.870. The van der Waals surface area contributed by atoms with E-state index in [4.69, 9.17) is 11.6 Å². The van der Waals surface area contributed by atoms with Crippen molar-refractivity contribution < 1.29 is 0 Å². The maximum atomic E-state index is 5.81. The highest BCUT2D eigenvalue weighted by Crippen LogP contribution is 2.32. The van der Waals surface area contributed by atoms with Gasteiger partial charge in [-0.2, -0.15) is 4.98 Å². The zero-order valence-corrected chi connectivity index (χ0v) is 8.27. The van der Waals surface area contributed by atoms with E-state index in [9.17, 15) is 0 Å². The van der Waals surface area contributed by atoms with Crippen LogP contribution in [0.25, 0.3) is 10.2 Å². The Balaban J connectivity index is 2.33. The van der Waals surface area contributed by atoms with Crippen LogP contribution in [0.15, 0.2) is 11.4 Å². The predicted molar refractivity (Wildman–Crippen MR) is 54.6 cm³/mol. The Kier molecular flexibility index (Phi) is 1.48. The van der Waals surface area contributed by atoms with Crippen LogP contribution in [0.1, 0.15) is 0 Å². The lowest BCUT2D eigenvalue weighted by atomic mass is 10.4. The van der Waals surface area contributed by atoms with Gasteiger partial charge in [-0.3, -0.25) is 0 Å². The Morgan fingerprint density at radius 2 is 2.23 bits per heavy atom. The average molecular weight is 212 g/mol. The topological polar surface area (TPSA) is 28.8 Å². The molecule has 1 fully saturated rings. The highest BCUT2D eigenvalue weighted by atomic mass is 35.5. The quantitative estimate of drug-likeness (QED) is 0.535. The van der Waals surface area contributed by atoms with Gasteiger partial charge in [-0.05, 0) is 23.0 Å². The summed E-state index contributed by atoms with van der Waals surface area (Å²) >= 11 is 7.47. The zero-order valence-electron chi connectivity index (χ0n) is 6.70. The van der Waals surface area contributed by atoms with Crippen LogP contribution in [0.5, 0.6) is 0 Å². The van der Waals surface area contributed by atoms with Gasteiger partial charge in [0.15, 0.2) is 5.82 Å². The first kappa shape index (κ1) is 7.53. The molecule has 1 saturated heterocycles. The van der Waals surface area contributed by atoms with Gasteiger partial charge in [0.2, 0.25) is 5.28 Å². The molecule has 3 heterocycles. The van der Waals surface area contributed by atoms with E-state index in [0.29, 0.717) is 5.28 Å². The SMILES string of the molecule is Clc1nc(N2CC2)c2sccc2n1. The second kappa shape index (κ2) is 2.56. The summed E-state index contributed by atoms with van der Waals surface area (Å²) in [4.78, 5) is 10.6. The Morgan fingerprint density at radius 3 is 3.00 bits per heavy atom. The number of hydrogen-bond acceptors (Lipinski definition) is 4. The van der Waals surface area contributed by atoms with Crippen molar-refractivity contribution in [3.8, 4) is 0 Å². The van der Waals surface area contributed by atoms with Crippen LogP contribution in [0.4, 0.5) is 5.82 Å². The summed E-state index contributed by atoms with van der Waals surface area (Å²) in [5.74, 6) is 0.991. The van der Waals surface area contributed by atoms with Crippen LogP contribution in [-0.2, 0) is 0 Å². The number of aromatic nitrogens is 2. The molecule has 0 atom stereocenters. The second-order valence-corrected chi connectivity index (χ2v) is 4.19. The first-order chi connectivity index (χ1) is 6.34. The third-order valence-electron chi connectivity index (χ3n) is 2.01. The summed E-state index contributed by atoms with van der Waals surface area (Å²) in [5, 5.41) is 2.36. The molecule has 5 heteroatoms. The number of hydrogen-bond donors (Lipinski definition) is 0. The van der Waals surface area contributed by atoms with E-state index in [2.05, 4.69) is 14.9 Å². The van der Waals surface area contributed by atoms with Crippen molar-refractivity contribution in [1.82, 2.24) is 9.97 Å². The summed E-state index contributed by atoms with van der Waals surface area (Å²) in [6.07, 6.45) is 0. The first-order valence-corrected chi connectivity index (χ1v) is 5.26. The van der Waals surface area contributed by atoms with Gasteiger partial charge in [-0.25, -0.2) is 4.98 Å². The van der Waals surface area contributed by atoms with Crippen molar-refractivity contribution in [2.45, 2.75) is 0 Å². The molecule has 3 nitrogen and oxygen atoms in total. The van der Waals surface area contributed by atoms with Gasteiger partial charge >= 0.3 is 0 Å². The molecule has 66 valence electrons. The lowest BCUT2D eigenvalue weighted by Crippen LogP contribution is -1.96. The Bertz CT molecular complexity index is 463. The van der Waals surface area contributed by atoms with Gasteiger partial charge < -0.3 is 4.90 Å². The lowest BCUT2D eigenvalue weighted by molar-refractivity contribution is 1.18. The van der Waals surface area contributed by atoms with Gasteiger partial charge in [-0.15, -0.1) is 11.3 Å². The number of nitrogens with zero attached hydrogens (tertiary/aromatic N) is 3. The molecule has 0 saturated carbocycles. The number of thiophene rings is 1. The van der Waals surface area contributed by atoms with Crippen LogP contribution in [0.2, 0.25) is 5.28 Å². The Labute approximate surface area is 84.0 Å². The van der Waals surface area contributed by atoms with Crippen LogP contribution in [0, 0.1) is 0 Å². The van der Waals surface area contributed by atoms with Gasteiger partial charge in [-0.1, -0.05) is 0 Å². The third kappa shape index (κ3) is 1.17. The molecular formula is C8H6ClN3S. The van der Waals surface area contributed by atoms with Crippen LogP contribution in [0.3, 0.4) is 0 Å². The maximum Gasteiger partial charge on any atom is 0.224 e. The first-order valence-electron chi connectivity index (χ1n) is 4.00. The second-order valence-electron chi connectivity index (χ2n) is 2.94. The van der Waals surface area contributed by atoms with Gasteiger partial charge in [0.05, 0.1) is 10.2 Å².